The minimum absolute atomic E-state index is 0.817. The largest absolute Gasteiger partial charge is 0.479 e. The molecule has 0 aromatic rings. The van der Waals surface area contributed by atoms with Crippen molar-refractivity contribution in [3.63, 3.8) is 0 Å². The molecule has 0 aromatic carbocycles. The highest BCUT2D eigenvalue weighted by atomic mass is 32.3. The summed E-state index contributed by atoms with van der Waals surface area (Å²) in [4.78, 5) is 50.1. The van der Waals surface area contributed by atoms with E-state index in [1.165, 1.54) is 9.44 Å². The lowest BCUT2D eigenvalue weighted by molar-refractivity contribution is -0.376. The third kappa shape index (κ3) is 21.9. The number of nitrogens with one attached hydrogen (secondary N) is 3. The predicted octanol–water partition coefficient (Wildman–Crippen LogP) is -15.6. The van der Waals surface area contributed by atoms with Crippen LogP contribution in [0.5, 0.6) is 0 Å². The second-order valence-corrected chi connectivity index (χ2v) is 27.6. The van der Waals surface area contributed by atoms with Crippen LogP contribution < -0.4 is 14.8 Å². The molecule has 6 aliphatic heterocycles. The second kappa shape index (κ2) is 31.9. The van der Waals surface area contributed by atoms with Gasteiger partial charge in [0.05, 0.1) is 19.8 Å². The number of carbonyl (C=O) groups excluding carboxylic acids is 1. The lowest BCUT2D eigenvalue weighted by Crippen LogP contribution is -2.71. The van der Waals surface area contributed by atoms with Crippen molar-refractivity contribution in [2.24, 2.45) is 0 Å². The highest BCUT2D eigenvalue weighted by Gasteiger charge is 2.61. The molecular formula is C38H61N3O50S6. The Morgan fingerprint density at radius 2 is 0.691 bits per heavy atom. The molecule has 0 bridgehead atoms. The smallest absolute Gasteiger partial charge is 0.397 e. The van der Waals surface area contributed by atoms with Crippen molar-refractivity contribution in [1.29, 1.82) is 0 Å². The molecule has 6 aliphatic rings. The molecule has 0 unspecified atom stereocenters. The van der Waals surface area contributed by atoms with E-state index in [4.69, 9.17) is 51.9 Å². The van der Waals surface area contributed by atoms with E-state index in [0.29, 0.717) is 0 Å². The third-order valence-electron chi connectivity index (χ3n) is 14.2. The number of carboxylic acid groups (broad SMARTS) is 3. The molecule has 30 atom stereocenters. The molecule has 53 nitrogen and oxygen atoms in total. The first kappa shape index (κ1) is 82.2. The van der Waals surface area contributed by atoms with Crippen LogP contribution in [0.25, 0.3) is 0 Å². The lowest BCUT2D eigenvalue weighted by atomic mass is 9.94. The van der Waals surface area contributed by atoms with Crippen LogP contribution in [0.4, 0.5) is 0 Å². The summed E-state index contributed by atoms with van der Waals surface area (Å²) in [5.41, 5.74) is 0. The highest BCUT2D eigenvalue weighted by Crippen LogP contribution is 2.39. The van der Waals surface area contributed by atoms with Crippen molar-refractivity contribution in [1.82, 2.24) is 14.8 Å². The van der Waals surface area contributed by atoms with Gasteiger partial charge in [0, 0.05) is 6.92 Å². The zero-order valence-electron chi connectivity index (χ0n) is 47.5. The van der Waals surface area contributed by atoms with Crippen LogP contribution in [0.2, 0.25) is 0 Å². The minimum Gasteiger partial charge on any atom is -0.479 e. The Kier molecular flexibility index (Phi) is 27.0. The number of aliphatic hydroxyl groups excluding tert-OH is 10. The summed E-state index contributed by atoms with van der Waals surface area (Å²) in [6.45, 7) is -4.14. The van der Waals surface area contributed by atoms with Gasteiger partial charge in [-0.05, 0) is 0 Å². The van der Waals surface area contributed by atoms with Gasteiger partial charge in [-0.2, -0.15) is 60.0 Å². The van der Waals surface area contributed by atoms with Crippen LogP contribution in [0.3, 0.4) is 0 Å². The lowest BCUT2D eigenvalue weighted by Gasteiger charge is -2.50. The van der Waals surface area contributed by atoms with Gasteiger partial charge in [-0.3, -0.25) is 32.1 Å². The van der Waals surface area contributed by atoms with Crippen LogP contribution >= 0.6 is 0 Å². The number of ether oxygens (including phenoxy) is 11. The number of carboxylic acids is 3. The average molecular weight is 1550 g/mol. The minimum atomic E-state index is -6.21. The monoisotopic (exact) mass is 1550 g/mol. The molecule has 59 heteroatoms. The highest BCUT2D eigenvalue weighted by molar-refractivity contribution is 7.84. The van der Waals surface area contributed by atoms with Crippen LogP contribution in [-0.4, -0.2) is 372 Å². The van der Waals surface area contributed by atoms with Crippen molar-refractivity contribution in [3.05, 3.63) is 0 Å². The Bertz CT molecular complexity index is 3480. The fraction of sp³-hybridized carbons (Fsp3) is 0.895. The Balaban J connectivity index is 1.35. The van der Waals surface area contributed by atoms with Crippen molar-refractivity contribution in [2.45, 2.75) is 191 Å². The van der Waals surface area contributed by atoms with Gasteiger partial charge in [-0.25, -0.2) is 31.1 Å². The van der Waals surface area contributed by atoms with Gasteiger partial charge in [0.1, 0.15) is 122 Å². The summed E-state index contributed by atoms with van der Waals surface area (Å²) in [5.74, 6) is -7.91. The van der Waals surface area contributed by atoms with E-state index < -0.39 is 290 Å². The fourth-order valence-corrected chi connectivity index (χ4v) is 12.7. The Hall–Kier alpha value is -3.74. The van der Waals surface area contributed by atoms with Crippen LogP contribution in [0.1, 0.15) is 6.92 Å². The number of aliphatic hydroxyl groups is 10. The molecule has 6 saturated heterocycles. The van der Waals surface area contributed by atoms with Gasteiger partial charge in [0.25, 0.3) is 0 Å². The number of aliphatic carboxylic acids is 3. The molecule has 0 radical (unpaired) electrons. The van der Waals surface area contributed by atoms with Crippen LogP contribution in [0.15, 0.2) is 0 Å². The Morgan fingerprint density at radius 3 is 1.07 bits per heavy atom. The SMILES string of the molecule is CC(=O)N[C@H]1[C@@H](O[C@H]2[C@H](O)[C@@H](O)[C@H](O[C@H]3[C@H](O)[C@@H](NS(=O)(=O)O)[C@@H](O[C@H]4[C@H](O)[C@@H](OS(=O)(=O)O)[C@H](O[C@H]5[C@H](O)[C@@H](NS(=O)(=O)O)[C@@H](O[C@H]6[C@H](O)[C@@H](O)[C@H](O)O[C@@H]6C(=O)O)O[C@@H]5COS(=O)(=O)O)O[C@H]4C(=O)O)O[C@@H]3COS(=O)(=O)O)O[C@@H]2C(=O)O)O[C@H](COS(=O)(=O)O)[C@@H](O)[C@@H]1O. The number of carbonyl (C=O) groups is 4. The fourth-order valence-electron chi connectivity index (χ4n) is 10.1. The van der Waals surface area contributed by atoms with E-state index in [9.17, 15) is 159 Å². The maximum absolute atomic E-state index is 13.1. The van der Waals surface area contributed by atoms with E-state index in [1.54, 1.807) is 0 Å². The maximum atomic E-state index is 13.1. The molecule has 1 amide bonds. The van der Waals surface area contributed by atoms with Crippen molar-refractivity contribution in [2.75, 3.05) is 19.8 Å². The second-order valence-electron chi connectivity index (χ2n) is 20.9. The van der Waals surface area contributed by atoms with Crippen molar-refractivity contribution >= 4 is 86.0 Å². The van der Waals surface area contributed by atoms with Gasteiger partial charge in [-0.15, -0.1) is 0 Å². The van der Waals surface area contributed by atoms with E-state index in [2.05, 4.69) is 21.5 Å². The summed E-state index contributed by atoms with van der Waals surface area (Å²) < 4.78 is 281. The predicted molar refractivity (Wildman–Crippen MR) is 279 cm³/mol. The van der Waals surface area contributed by atoms with Gasteiger partial charge >= 0.3 is 80.1 Å². The molecule has 22 N–H and O–H groups in total. The summed E-state index contributed by atoms with van der Waals surface area (Å²) in [6, 6.07) is -7.79. The van der Waals surface area contributed by atoms with Gasteiger partial charge < -0.3 is 124 Å². The number of hydrogen-bond acceptors (Lipinski definition) is 41. The van der Waals surface area contributed by atoms with E-state index in [1.807, 2.05) is 5.32 Å². The maximum Gasteiger partial charge on any atom is 0.397 e. The molecule has 6 rings (SSSR count). The summed E-state index contributed by atoms with van der Waals surface area (Å²) in [5, 5.41) is 143. The first-order chi connectivity index (χ1) is 44.3. The molecular weight excluding hydrogens is 1490 g/mol. The third-order valence-corrected chi connectivity index (χ3v) is 17.1. The molecule has 0 aliphatic carbocycles. The van der Waals surface area contributed by atoms with Gasteiger partial charge in [0.2, 0.25) is 5.91 Å². The molecule has 0 spiro atoms. The molecule has 6 heterocycles. The number of amides is 1. The molecule has 0 aromatic heterocycles. The standard InChI is InChI=1S/C38H61N3O50S6/c1-5(42)39-9-13(44)12(43)6(2-77-94(65,66)67)80-34(9)86-24-17(48)19(50)37(89-28(24)31(54)55)84-21-7(3-78-95(68,69)70)81-36(10(14(21)45)40-92(59,60)61)88-25-20(51)26(91-97(74,75)76)38(90-29(25)32(56)57)85-22-8(4-79-96(71,72)73)82-35(11(15(22)46)41-93(62,63)64)87-23-16(47)18(49)33(58)83-27(23)30(52)53/h6-29,33-38,40-41,43-51,58H,2-4H2,1H3,(H,39,42)(H,52,53)(H,54,55)(H,56,57)(H,59,60,61)(H,62,63,64)(H,65,66,67)(H,68,69,70)(H,71,72,73)(H,74,75,76)/t6-,7-,8-,9-,10-,11-,12-,13-,14-,15-,16-,17-,18-,19-,20+,21-,22-,23+,24+,25+,26-,27+,28+,29-,33-,34-,35-,36-,37-,38-/m1/s1. The Morgan fingerprint density at radius 1 is 0.351 bits per heavy atom. The molecule has 564 valence electrons. The first-order valence-corrected chi connectivity index (χ1v) is 34.6. The topological polar surface area (TPSA) is 832 Å². The average Bonchev–Trinajstić information content (AvgIpc) is 0.767. The van der Waals surface area contributed by atoms with E-state index in [-0.39, 0.29) is 0 Å². The normalized spacial score (nSPS) is 41.3. The van der Waals surface area contributed by atoms with Crippen molar-refractivity contribution < 1.29 is 232 Å². The van der Waals surface area contributed by atoms with E-state index >= 15 is 0 Å². The van der Waals surface area contributed by atoms with Gasteiger partial charge in [0.15, 0.2) is 62.2 Å². The zero-order valence-corrected chi connectivity index (χ0v) is 52.4. The van der Waals surface area contributed by atoms with Gasteiger partial charge in [-0.1, -0.05) is 0 Å². The van der Waals surface area contributed by atoms with E-state index in [0.717, 1.165) is 6.92 Å². The summed E-state index contributed by atoms with van der Waals surface area (Å²) in [7, 11) is -34.8. The molecule has 97 heavy (non-hydrogen) atoms. The Labute approximate surface area is 541 Å². The quantitative estimate of drug-likeness (QED) is 0.0309. The van der Waals surface area contributed by atoms with Crippen LogP contribution in [0, 0.1) is 0 Å². The first-order valence-electron chi connectivity index (χ1n) is 26.2. The number of hydrogen-bond donors (Lipinski definition) is 22. The zero-order chi connectivity index (χ0) is 73.5. The van der Waals surface area contributed by atoms with Crippen molar-refractivity contribution in [3.8, 4) is 0 Å². The molecule has 0 saturated carbocycles. The van der Waals surface area contributed by atoms with Crippen LogP contribution in [-0.2, 0) is 150 Å². The molecule has 6 fully saturated rings. The summed E-state index contributed by atoms with van der Waals surface area (Å²) >= 11 is 0. The summed E-state index contributed by atoms with van der Waals surface area (Å²) in [6.07, 6.45) is -74.5. The number of rotatable bonds is 29.